The van der Waals surface area contributed by atoms with E-state index in [-0.39, 0.29) is 12.1 Å². The molecule has 0 radical (unpaired) electrons. The number of halogens is 1. The van der Waals surface area contributed by atoms with Gasteiger partial charge >= 0.3 is 5.97 Å². The van der Waals surface area contributed by atoms with E-state index >= 15 is 0 Å². The molecule has 0 fully saturated rings. The number of benzene rings is 1. The number of ether oxygens (including phenoxy) is 1. The molecule has 0 amide bonds. The molecule has 1 atom stereocenters. The highest BCUT2D eigenvalue weighted by molar-refractivity contribution is 9.08. The van der Waals surface area contributed by atoms with Crippen LogP contribution in [0.15, 0.2) is 24.3 Å². The fraction of sp³-hybridized carbons (Fsp3) is 0.500. The number of esters is 1. The summed E-state index contributed by atoms with van der Waals surface area (Å²) in [5.74, 6) is -0.107. The molecular weight excluding hydrogens is 280 g/mol. The van der Waals surface area contributed by atoms with Crippen LogP contribution in [-0.2, 0) is 14.9 Å². The molecule has 0 aliphatic heterocycles. The van der Waals surface area contributed by atoms with Gasteiger partial charge in [0.05, 0.1) is 0 Å². The number of rotatable bonds is 6. The van der Waals surface area contributed by atoms with Crippen LogP contribution in [0.25, 0.3) is 0 Å². The number of hydrogen-bond donors (Lipinski definition) is 0. The number of carbonyl (C=O) groups is 1. The van der Waals surface area contributed by atoms with Gasteiger partial charge in [0.25, 0.3) is 0 Å². The summed E-state index contributed by atoms with van der Waals surface area (Å²) in [5, 5.41) is 0.845. The Bertz CT molecular complexity index is 346. The summed E-state index contributed by atoms with van der Waals surface area (Å²) < 4.78 is 5.36. The highest BCUT2D eigenvalue weighted by Gasteiger charge is 2.10. The fourth-order valence-corrected chi connectivity index (χ4v) is 1.90. The average molecular weight is 299 g/mol. The van der Waals surface area contributed by atoms with Crippen LogP contribution in [0.3, 0.4) is 0 Å². The zero-order valence-electron chi connectivity index (χ0n) is 10.4. The maximum Gasteiger partial charge on any atom is 0.306 e. The maximum absolute atomic E-state index is 11.5. The molecule has 1 aromatic rings. The first-order valence-corrected chi connectivity index (χ1v) is 7.13. The van der Waals surface area contributed by atoms with Crippen LogP contribution in [0.5, 0.6) is 0 Å². The molecule has 0 saturated carbocycles. The fourth-order valence-electron chi connectivity index (χ4n) is 1.52. The molecule has 0 heterocycles. The van der Waals surface area contributed by atoms with Gasteiger partial charge in [0.15, 0.2) is 0 Å². The number of hydrogen-bond acceptors (Lipinski definition) is 2. The highest BCUT2D eigenvalue weighted by atomic mass is 79.9. The van der Waals surface area contributed by atoms with Gasteiger partial charge in [-0.05, 0) is 24.5 Å². The van der Waals surface area contributed by atoms with Crippen molar-refractivity contribution < 1.29 is 9.53 Å². The van der Waals surface area contributed by atoms with Gasteiger partial charge in [-0.3, -0.25) is 4.79 Å². The third-order valence-electron chi connectivity index (χ3n) is 2.65. The van der Waals surface area contributed by atoms with Crippen molar-refractivity contribution in [3.63, 3.8) is 0 Å². The zero-order valence-corrected chi connectivity index (χ0v) is 12.0. The molecule has 0 N–H and O–H groups in total. The third kappa shape index (κ3) is 4.90. The Morgan fingerprint density at radius 3 is 2.53 bits per heavy atom. The second-order valence-corrected chi connectivity index (χ2v) is 4.67. The van der Waals surface area contributed by atoms with Crippen molar-refractivity contribution in [3.05, 3.63) is 35.4 Å². The lowest BCUT2D eigenvalue weighted by Gasteiger charge is -2.13. The summed E-state index contributed by atoms with van der Waals surface area (Å²) in [5.41, 5.74) is 2.26. The number of carbonyl (C=O) groups excluding carboxylic acids is 1. The minimum atomic E-state index is -0.163. The zero-order chi connectivity index (χ0) is 12.7. The Morgan fingerprint density at radius 2 is 2.00 bits per heavy atom. The second-order valence-electron chi connectivity index (χ2n) is 4.11. The Hall–Kier alpha value is -0.830. The van der Waals surface area contributed by atoms with Gasteiger partial charge < -0.3 is 4.74 Å². The maximum atomic E-state index is 11.5. The number of alkyl halides is 1. The van der Waals surface area contributed by atoms with Crippen LogP contribution in [0.1, 0.15) is 50.3 Å². The normalized spacial score (nSPS) is 12.2. The van der Waals surface area contributed by atoms with E-state index in [1.54, 1.807) is 0 Å². The summed E-state index contributed by atoms with van der Waals surface area (Å²) in [7, 11) is 0. The third-order valence-corrected chi connectivity index (χ3v) is 3.29. The van der Waals surface area contributed by atoms with Crippen molar-refractivity contribution in [2.24, 2.45) is 0 Å². The molecule has 2 nitrogen and oxygen atoms in total. The summed E-state index contributed by atoms with van der Waals surface area (Å²) in [6.07, 6.45) is 2.27. The monoisotopic (exact) mass is 298 g/mol. The van der Waals surface area contributed by atoms with E-state index in [0.29, 0.717) is 6.42 Å². The number of unbranched alkanes of at least 4 members (excludes halogenated alkanes) is 1. The quantitative estimate of drug-likeness (QED) is 0.575. The molecular formula is C14H19BrO2. The van der Waals surface area contributed by atoms with Crippen molar-refractivity contribution in [2.45, 2.75) is 44.5 Å². The lowest BCUT2D eigenvalue weighted by atomic mass is 10.1. The SMILES string of the molecule is CCCCC(=O)OC(C)c1ccc(CBr)cc1. The molecule has 1 aromatic carbocycles. The second kappa shape index (κ2) is 7.49. The van der Waals surface area contributed by atoms with Crippen LogP contribution < -0.4 is 0 Å². The summed E-state index contributed by atoms with van der Waals surface area (Å²) in [4.78, 5) is 11.5. The molecule has 3 heteroatoms. The Labute approximate surface area is 111 Å². The van der Waals surface area contributed by atoms with Gasteiger partial charge in [0, 0.05) is 11.8 Å². The molecule has 0 saturated heterocycles. The first-order chi connectivity index (χ1) is 8.17. The van der Waals surface area contributed by atoms with Gasteiger partial charge in [0.1, 0.15) is 6.10 Å². The molecule has 94 valence electrons. The summed E-state index contributed by atoms with van der Waals surface area (Å²) in [6.45, 7) is 3.97. The predicted molar refractivity (Wildman–Crippen MR) is 73.1 cm³/mol. The molecule has 17 heavy (non-hydrogen) atoms. The largest absolute Gasteiger partial charge is 0.458 e. The van der Waals surface area contributed by atoms with Crippen molar-refractivity contribution in [1.82, 2.24) is 0 Å². The predicted octanol–water partition coefficient (Wildman–Crippen LogP) is 4.38. The van der Waals surface area contributed by atoms with E-state index in [0.717, 1.165) is 23.7 Å². The smallest absolute Gasteiger partial charge is 0.306 e. The van der Waals surface area contributed by atoms with Gasteiger partial charge in [0.2, 0.25) is 0 Å². The first-order valence-electron chi connectivity index (χ1n) is 6.01. The summed E-state index contributed by atoms with van der Waals surface area (Å²) >= 11 is 3.40. The Kier molecular flexibility index (Phi) is 6.27. The standard InChI is InChI=1S/C14H19BrO2/c1-3-4-5-14(16)17-11(2)13-8-6-12(10-15)7-9-13/h6-9,11H,3-5,10H2,1-2H3. The van der Waals surface area contributed by atoms with Crippen molar-refractivity contribution in [2.75, 3.05) is 0 Å². The van der Waals surface area contributed by atoms with Crippen molar-refractivity contribution >= 4 is 21.9 Å². The molecule has 1 rings (SSSR count). The molecule has 0 aliphatic carbocycles. The van der Waals surface area contributed by atoms with Crippen LogP contribution in [0.4, 0.5) is 0 Å². The minimum absolute atomic E-state index is 0.107. The van der Waals surface area contributed by atoms with Crippen LogP contribution in [0, 0.1) is 0 Å². The first kappa shape index (κ1) is 14.2. The van der Waals surface area contributed by atoms with E-state index < -0.39 is 0 Å². The van der Waals surface area contributed by atoms with E-state index in [1.165, 1.54) is 5.56 Å². The van der Waals surface area contributed by atoms with E-state index in [9.17, 15) is 4.79 Å². The van der Waals surface area contributed by atoms with Gasteiger partial charge in [-0.15, -0.1) is 0 Å². The highest BCUT2D eigenvalue weighted by Crippen LogP contribution is 2.19. The Morgan fingerprint density at radius 1 is 1.35 bits per heavy atom. The van der Waals surface area contributed by atoms with Crippen LogP contribution in [0.2, 0.25) is 0 Å². The molecule has 0 spiro atoms. The minimum Gasteiger partial charge on any atom is -0.458 e. The van der Waals surface area contributed by atoms with E-state index in [1.807, 2.05) is 31.2 Å². The van der Waals surface area contributed by atoms with Crippen LogP contribution in [-0.4, -0.2) is 5.97 Å². The lowest BCUT2D eigenvalue weighted by molar-refractivity contribution is -0.148. The average Bonchev–Trinajstić information content (AvgIpc) is 2.36. The van der Waals surface area contributed by atoms with Gasteiger partial charge in [-0.1, -0.05) is 53.5 Å². The van der Waals surface area contributed by atoms with Gasteiger partial charge in [-0.2, -0.15) is 0 Å². The van der Waals surface area contributed by atoms with E-state index in [4.69, 9.17) is 4.74 Å². The van der Waals surface area contributed by atoms with Gasteiger partial charge in [-0.25, -0.2) is 0 Å². The summed E-state index contributed by atoms with van der Waals surface area (Å²) in [6, 6.07) is 8.10. The van der Waals surface area contributed by atoms with E-state index in [2.05, 4.69) is 22.9 Å². The molecule has 0 aromatic heterocycles. The Balaban J connectivity index is 2.51. The lowest BCUT2D eigenvalue weighted by Crippen LogP contribution is -2.08. The topological polar surface area (TPSA) is 26.3 Å². The molecule has 1 unspecified atom stereocenters. The van der Waals surface area contributed by atoms with Crippen molar-refractivity contribution in [3.8, 4) is 0 Å². The molecule has 0 aliphatic rings. The molecule has 0 bridgehead atoms. The van der Waals surface area contributed by atoms with Crippen molar-refractivity contribution in [1.29, 1.82) is 0 Å². The van der Waals surface area contributed by atoms with Crippen LogP contribution >= 0.6 is 15.9 Å².